The van der Waals surface area contributed by atoms with Crippen LogP contribution in [0.4, 0.5) is 17.6 Å². The number of hydrogen-bond donors (Lipinski definition) is 1. The van der Waals surface area contributed by atoms with Crippen LogP contribution < -0.4 is 5.56 Å². The van der Waals surface area contributed by atoms with Gasteiger partial charge < -0.3 is 9.88 Å². The van der Waals surface area contributed by atoms with E-state index >= 15 is 0 Å². The second-order valence-electron chi connectivity index (χ2n) is 10.4. The number of alkyl halides is 3. The molecule has 2 saturated heterocycles. The number of piperidine rings is 1. The van der Waals surface area contributed by atoms with Gasteiger partial charge in [-0.2, -0.15) is 13.2 Å². The second-order valence-corrected chi connectivity index (χ2v) is 10.8. The quantitative estimate of drug-likeness (QED) is 0.353. The number of quaternary nitrogens is 1. The Morgan fingerprint density at radius 2 is 1.82 bits per heavy atom. The van der Waals surface area contributed by atoms with Gasteiger partial charge in [-0.1, -0.05) is 17.7 Å². The number of nitrogens with zero attached hydrogens (tertiary/aromatic N) is 3. The molecule has 0 spiro atoms. The zero-order valence-corrected chi connectivity index (χ0v) is 22.4. The monoisotopic (exact) mass is 583 g/mol. The lowest BCUT2D eigenvalue weighted by molar-refractivity contribution is -1.10. The van der Waals surface area contributed by atoms with E-state index in [0.717, 1.165) is 5.56 Å². The summed E-state index contributed by atoms with van der Waals surface area (Å²) in [4.78, 5) is 46.3. The minimum absolute atomic E-state index is 0.125. The maximum atomic E-state index is 14.8. The van der Waals surface area contributed by atoms with Gasteiger partial charge in [-0.25, -0.2) is 9.18 Å². The van der Waals surface area contributed by atoms with Crippen molar-refractivity contribution in [2.24, 2.45) is 0 Å². The number of benzene rings is 1. The Kier molecular flexibility index (Phi) is 7.43. The predicted octanol–water partition coefficient (Wildman–Crippen LogP) is 4.56. The minimum Gasteiger partial charge on any atom is -0.338 e. The van der Waals surface area contributed by atoms with E-state index in [4.69, 9.17) is 16.4 Å². The Morgan fingerprint density at radius 3 is 2.48 bits per heavy atom. The SMILES string of the molecule is Cc1cc2c(=O)[nH]cc(Cc3ccc(F)c(C(=O)N4CCC([N+]5(OC(=O)C(F)(F)F)CCCC5)CC4)c3)n2c1Cl. The summed E-state index contributed by atoms with van der Waals surface area (Å²) in [6.45, 7) is 2.75. The molecular formula is C27H28ClF4N4O4+. The van der Waals surface area contributed by atoms with Crippen molar-refractivity contribution in [3.05, 3.63) is 74.2 Å². The number of H-pyrrole nitrogens is 1. The average molecular weight is 584 g/mol. The van der Waals surface area contributed by atoms with Crippen LogP contribution in [-0.4, -0.2) is 69.2 Å². The zero-order chi connectivity index (χ0) is 28.8. The summed E-state index contributed by atoms with van der Waals surface area (Å²) in [7, 11) is 0. The van der Waals surface area contributed by atoms with Gasteiger partial charge in [0.25, 0.3) is 11.5 Å². The van der Waals surface area contributed by atoms with Crippen LogP contribution in [0.15, 0.2) is 35.3 Å². The van der Waals surface area contributed by atoms with Crippen LogP contribution in [0.1, 0.15) is 52.9 Å². The van der Waals surface area contributed by atoms with Crippen LogP contribution in [0.3, 0.4) is 0 Å². The average Bonchev–Trinajstić information content (AvgIpc) is 3.51. The van der Waals surface area contributed by atoms with E-state index in [-0.39, 0.29) is 41.3 Å². The first kappa shape index (κ1) is 28.2. The normalized spacial score (nSPS) is 17.9. The Balaban J connectivity index is 1.32. The third-order valence-electron chi connectivity index (χ3n) is 7.89. The number of nitrogens with one attached hydrogen (secondary N) is 1. The largest absolute Gasteiger partial charge is 0.497 e. The van der Waals surface area contributed by atoms with Crippen molar-refractivity contribution in [3.63, 3.8) is 0 Å². The molecule has 13 heteroatoms. The van der Waals surface area contributed by atoms with Gasteiger partial charge in [0, 0.05) is 57.1 Å². The topological polar surface area (TPSA) is 83.9 Å². The van der Waals surface area contributed by atoms with Crippen LogP contribution in [0.25, 0.3) is 5.52 Å². The standard InChI is InChI=1S/C27H27ClF4N4O4/c1-16-12-22-24(37)33-15-18(35(22)23(16)28)13-17-4-5-21(29)20(14-17)25(38)34-8-6-19(7-9-34)36(10-2-3-11-36)40-26(39)27(30,31)32/h4-5,12,14-15,19H,2-3,6-11,13H2,1H3/p+1. The van der Waals surface area contributed by atoms with Crippen molar-refractivity contribution in [2.45, 2.75) is 51.2 Å². The molecule has 0 bridgehead atoms. The van der Waals surface area contributed by atoms with Crippen molar-refractivity contribution in [1.29, 1.82) is 0 Å². The van der Waals surface area contributed by atoms with Crippen LogP contribution in [-0.2, 0) is 16.1 Å². The van der Waals surface area contributed by atoms with Crippen molar-refractivity contribution in [1.82, 2.24) is 14.3 Å². The number of hydrogen-bond acceptors (Lipinski definition) is 4. The van der Waals surface area contributed by atoms with Crippen molar-refractivity contribution in [2.75, 3.05) is 26.2 Å². The zero-order valence-electron chi connectivity index (χ0n) is 21.7. The highest BCUT2D eigenvalue weighted by Gasteiger charge is 2.52. The molecule has 0 unspecified atom stereocenters. The molecule has 1 N–H and O–H groups in total. The molecule has 2 fully saturated rings. The number of amides is 1. The maximum Gasteiger partial charge on any atom is 0.497 e. The number of aromatic nitrogens is 2. The highest BCUT2D eigenvalue weighted by Crippen LogP contribution is 2.33. The first-order valence-corrected chi connectivity index (χ1v) is 13.4. The number of aromatic amines is 1. The molecule has 1 amide bonds. The van der Waals surface area contributed by atoms with E-state index in [1.54, 1.807) is 23.5 Å². The summed E-state index contributed by atoms with van der Waals surface area (Å²) in [5.74, 6) is -3.43. The van der Waals surface area contributed by atoms with Gasteiger partial charge in [0.2, 0.25) is 0 Å². The van der Waals surface area contributed by atoms with Crippen LogP contribution >= 0.6 is 11.6 Å². The smallest absolute Gasteiger partial charge is 0.338 e. The Morgan fingerprint density at radius 1 is 1.15 bits per heavy atom. The molecule has 0 saturated carbocycles. The maximum absolute atomic E-state index is 14.8. The lowest BCUT2D eigenvalue weighted by Crippen LogP contribution is -2.59. The first-order chi connectivity index (χ1) is 18.9. The fourth-order valence-electron chi connectivity index (χ4n) is 5.86. The van der Waals surface area contributed by atoms with Gasteiger partial charge in [0.15, 0.2) is 0 Å². The van der Waals surface area contributed by atoms with Crippen molar-refractivity contribution in [3.8, 4) is 0 Å². The molecule has 40 heavy (non-hydrogen) atoms. The number of hydroxylamine groups is 3. The van der Waals surface area contributed by atoms with E-state index in [1.165, 1.54) is 23.2 Å². The third kappa shape index (κ3) is 5.22. The van der Waals surface area contributed by atoms with Crippen LogP contribution in [0.2, 0.25) is 5.15 Å². The fourth-order valence-corrected chi connectivity index (χ4v) is 6.11. The Hall–Kier alpha value is -3.38. The van der Waals surface area contributed by atoms with Gasteiger partial charge in [-0.05, 0) is 36.2 Å². The number of likely N-dealkylation sites (tertiary alicyclic amines) is 2. The van der Waals surface area contributed by atoms with Gasteiger partial charge in [-0.3, -0.25) is 18.8 Å². The van der Waals surface area contributed by atoms with E-state index in [1.807, 2.05) is 0 Å². The summed E-state index contributed by atoms with van der Waals surface area (Å²) in [5, 5.41) is 0.386. The molecule has 8 nitrogen and oxygen atoms in total. The van der Waals surface area contributed by atoms with Gasteiger partial charge in [0.1, 0.15) is 35.6 Å². The molecule has 1 aromatic carbocycles. The molecule has 5 rings (SSSR count). The molecule has 0 aliphatic carbocycles. The van der Waals surface area contributed by atoms with Gasteiger partial charge in [0.05, 0.1) is 5.56 Å². The van der Waals surface area contributed by atoms with Crippen molar-refractivity contribution >= 4 is 29.0 Å². The highest BCUT2D eigenvalue weighted by atomic mass is 35.5. The molecule has 4 heterocycles. The third-order valence-corrected chi connectivity index (χ3v) is 8.36. The van der Waals surface area contributed by atoms with E-state index < -0.39 is 23.9 Å². The highest BCUT2D eigenvalue weighted by molar-refractivity contribution is 6.30. The van der Waals surface area contributed by atoms with Crippen molar-refractivity contribution < 1.29 is 36.6 Å². The van der Waals surface area contributed by atoms with E-state index in [0.29, 0.717) is 60.7 Å². The summed E-state index contributed by atoms with van der Waals surface area (Å²) in [6, 6.07) is 5.51. The number of carbonyl (C=O) groups excluding carboxylic acids is 2. The number of carbonyl (C=O) groups is 2. The number of halogens is 5. The van der Waals surface area contributed by atoms with Crippen LogP contribution in [0, 0.1) is 12.7 Å². The molecule has 0 atom stereocenters. The molecule has 2 aliphatic rings. The molecule has 214 valence electrons. The van der Waals surface area contributed by atoms with E-state index in [9.17, 15) is 31.9 Å². The Bertz CT molecular complexity index is 1520. The predicted molar refractivity (Wildman–Crippen MR) is 137 cm³/mol. The minimum atomic E-state index is -5.08. The molecule has 2 aliphatic heterocycles. The molecule has 3 aromatic rings. The Labute approximate surface area is 231 Å². The first-order valence-electron chi connectivity index (χ1n) is 13.0. The fraction of sp³-hybridized carbons (Fsp3) is 0.444. The lowest BCUT2D eigenvalue weighted by Gasteiger charge is -2.41. The van der Waals surface area contributed by atoms with Gasteiger partial charge in [-0.15, -0.1) is 4.65 Å². The second kappa shape index (κ2) is 10.5. The van der Waals surface area contributed by atoms with Crippen LogP contribution in [0.5, 0.6) is 0 Å². The summed E-state index contributed by atoms with van der Waals surface area (Å²) < 4.78 is 54.8. The summed E-state index contributed by atoms with van der Waals surface area (Å²) >= 11 is 6.42. The molecular weight excluding hydrogens is 556 g/mol. The summed E-state index contributed by atoms with van der Waals surface area (Å²) in [5.41, 5.74) is 1.94. The number of aryl methyl sites for hydroxylation is 1. The lowest BCUT2D eigenvalue weighted by atomic mass is 10.0. The number of rotatable bonds is 5. The molecule has 0 radical (unpaired) electrons. The van der Waals surface area contributed by atoms with Gasteiger partial charge >= 0.3 is 12.1 Å². The summed E-state index contributed by atoms with van der Waals surface area (Å²) in [6.07, 6.45) is -1.39. The van der Waals surface area contributed by atoms with E-state index in [2.05, 4.69) is 4.98 Å². The molecule has 2 aromatic heterocycles. The number of fused-ring (bicyclic) bond motifs is 1.